The van der Waals surface area contributed by atoms with Gasteiger partial charge in [-0.1, -0.05) is 90.5 Å². The third-order valence-electron chi connectivity index (χ3n) is 10.3. The van der Waals surface area contributed by atoms with E-state index in [2.05, 4.69) is 140 Å². The summed E-state index contributed by atoms with van der Waals surface area (Å²) in [7, 11) is 0. The van der Waals surface area contributed by atoms with Crippen molar-refractivity contribution in [3.63, 3.8) is 0 Å². The van der Waals surface area contributed by atoms with Crippen LogP contribution in [-0.2, 0) is 0 Å². The average molecular weight is 670 g/mol. The van der Waals surface area contributed by atoms with Gasteiger partial charge < -0.3 is 4.42 Å². The Bertz CT molecular complexity index is 3210. The predicted molar refractivity (Wildman–Crippen MR) is 214 cm³/mol. The first-order valence-corrected chi connectivity index (χ1v) is 17.9. The Kier molecular flexibility index (Phi) is 6.01. The summed E-state index contributed by atoms with van der Waals surface area (Å²) in [6.45, 7) is 2.12. The van der Waals surface area contributed by atoms with Crippen LogP contribution in [0.15, 0.2) is 150 Å². The molecule has 11 aromatic rings. The fraction of sp³-hybridized carbons (Fsp3) is 0.0217. The summed E-state index contributed by atoms with van der Waals surface area (Å²) >= 11 is 1.83. The second-order valence-corrected chi connectivity index (χ2v) is 14.4. The maximum atomic E-state index is 6.37. The summed E-state index contributed by atoms with van der Waals surface area (Å²) in [5, 5.41) is 10.8. The molecule has 238 valence electrons. The molecule has 7 aromatic carbocycles. The van der Waals surface area contributed by atoms with Gasteiger partial charge in [-0.3, -0.25) is 4.98 Å². The number of fused-ring (bicyclic) bond motifs is 12. The van der Waals surface area contributed by atoms with Gasteiger partial charge in [-0.15, -0.1) is 11.3 Å². The standard InChI is InChI=1S/C46H27N3OS/c1-26-10-12-27(13-11-26)28-14-16-43-37(20-28)38-21-29(15-17-44(38)51-43)30-18-19-47-40(22-30)46-48-25-42-45(49-46)39-23-35-33-8-4-2-6-31(33)32-7-3-5-9-34(32)36(35)24-41(39)50-42/h2-25H,1H3. The van der Waals surface area contributed by atoms with Gasteiger partial charge in [0, 0.05) is 31.8 Å². The average Bonchev–Trinajstić information content (AvgIpc) is 3.74. The number of nitrogens with zero attached hydrogens (tertiary/aromatic N) is 3. The minimum Gasteiger partial charge on any atom is -0.453 e. The minimum atomic E-state index is 0.570. The Morgan fingerprint density at radius 1 is 0.471 bits per heavy atom. The van der Waals surface area contributed by atoms with Crippen molar-refractivity contribution in [2.75, 3.05) is 0 Å². The van der Waals surface area contributed by atoms with Crippen LogP contribution >= 0.6 is 11.3 Å². The zero-order valence-corrected chi connectivity index (χ0v) is 28.3. The van der Waals surface area contributed by atoms with E-state index in [4.69, 9.17) is 19.4 Å². The molecule has 11 rings (SSSR count). The molecule has 0 atom stereocenters. The lowest BCUT2D eigenvalue weighted by Crippen LogP contribution is -1.92. The van der Waals surface area contributed by atoms with Crippen LogP contribution in [0.1, 0.15) is 5.56 Å². The molecule has 0 aliphatic heterocycles. The molecule has 4 aromatic heterocycles. The molecule has 5 heteroatoms. The third kappa shape index (κ3) is 4.42. The van der Waals surface area contributed by atoms with Gasteiger partial charge in [-0.2, -0.15) is 0 Å². The van der Waals surface area contributed by atoms with E-state index >= 15 is 0 Å². The number of hydrogen-bond donors (Lipinski definition) is 0. The molecule has 0 aliphatic carbocycles. The lowest BCUT2D eigenvalue weighted by molar-refractivity contribution is 0.666. The molecule has 0 spiro atoms. The zero-order chi connectivity index (χ0) is 33.6. The van der Waals surface area contributed by atoms with Crippen molar-refractivity contribution in [1.82, 2.24) is 15.0 Å². The monoisotopic (exact) mass is 669 g/mol. The normalized spacial score (nSPS) is 12.0. The van der Waals surface area contributed by atoms with Crippen molar-refractivity contribution in [3.8, 4) is 33.8 Å². The molecule has 0 saturated heterocycles. The van der Waals surface area contributed by atoms with Gasteiger partial charge in [-0.05, 0) is 110 Å². The molecule has 0 unspecified atom stereocenters. The third-order valence-corrected chi connectivity index (χ3v) is 11.4. The smallest absolute Gasteiger partial charge is 0.178 e. The second-order valence-electron chi connectivity index (χ2n) is 13.3. The van der Waals surface area contributed by atoms with Crippen LogP contribution in [0.4, 0.5) is 0 Å². The fourth-order valence-corrected chi connectivity index (χ4v) is 8.76. The quantitative estimate of drug-likeness (QED) is 0.176. The summed E-state index contributed by atoms with van der Waals surface area (Å²) in [5.74, 6) is 0.570. The number of furan rings is 1. The Morgan fingerprint density at radius 3 is 1.75 bits per heavy atom. The van der Waals surface area contributed by atoms with E-state index in [1.54, 1.807) is 6.20 Å². The van der Waals surface area contributed by atoms with Crippen LogP contribution in [0.3, 0.4) is 0 Å². The molecular formula is C46H27N3OS. The Hall–Kier alpha value is -6.43. The summed E-state index contributed by atoms with van der Waals surface area (Å²) in [4.78, 5) is 14.5. The van der Waals surface area contributed by atoms with E-state index in [0.29, 0.717) is 11.4 Å². The van der Waals surface area contributed by atoms with Crippen molar-refractivity contribution in [3.05, 3.63) is 151 Å². The maximum absolute atomic E-state index is 6.37. The van der Waals surface area contributed by atoms with E-state index in [1.165, 1.54) is 69.2 Å². The summed E-state index contributed by atoms with van der Waals surface area (Å²) < 4.78 is 8.94. The summed E-state index contributed by atoms with van der Waals surface area (Å²) in [6, 6.07) is 48.0. The van der Waals surface area contributed by atoms with Crippen LogP contribution in [0.2, 0.25) is 0 Å². The maximum Gasteiger partial charge on any atom is 0.178 e. The van der Waals surface area contributed by atoms with Crippen molar-refractivity contribution in [2.24, 2.45) is 0 Å². The van der Waals surface area contributed by atoms with Crippen LogP contribution < -0.4 is 0 Å². The SMILES string of the molecule is Cc1ccc(-c2ccc3sc4ccc(-c5ccnc(-c6ncc7oc8cc9c%10ccccc%10c%10ccccc%10c9cc8c7n6)c5)cc4c3c2)cc1. The number of benzene rings is 7. The van der Waals surface area contributed by atoms with Crippen LogP contribution in [0.25, 0.3) is 108 Å². The molecule has 0 amide bonds. The van der Waals surface area contributed by atoms with Gasteiger partial charge in [0.05, 0.1) is 6.20 Å². The second kappa shape index (κ2) is 10.8. The Labute approximate surface area is 296 Å². The van der Waals surface area contributed by atoms with E-state index in [0.717, 1.165) is 33.3 Å². The first kappa shape index (κ1) is 28.4. The molecule has 0 bridgehead atoms. The minimum absolute atomic E-state index is 0.570. The number of aryl methyl sites for hydroxylation is 1. The Morgan fingerprint density at radius 2 is 1.06 bits per heavy atom. The molecular weight excluding hydrogens is 643 g/mol. The van der Waals surface area contributed by atoms with E-state index in [-0.39, 0.29) is 0 Å². The molecule has 0 aliphatic rings. The lowest BCUT2D eigenvalue weighted by atomic mass is 9.93. The highest BCUT2D eigenvalue weighted by atomic mass is 32.1. The molecule has 0 radical (unpaired) electrons. The Balaban J connectivity index is 1.03. The molecule has 51 heavy (non-hydrogen) atoms. The lowest BCUT2D eigenvalue weighted by Gasteiger charge is -2.10. The fourth-order valence-electron chi connectivity index (χ4n) is 7.70. The topological polar surface area (TPSA) is 51.8 Å². The summed E-state index contributed by atoms with van der Waals surface area (Å²) in [5.41, 5.74) is 8.90. The first-order chi connectivity index (χ1) is 25.1. The van der Waals surface area contributed by atoms with Gasteiger partial charge in [0.2, 0.25) is 0 Å². The molecule has 4 nitrogen and oxygen atoms in total. The number of pyridine rings is 1. The van der Waals surface area contributed by atoms with Gasteiger partial charge in [0.1, 0.15) is 16.8 Å². The number of hydrogen-bond acceptors (Lipinski definition) is 5. The van der Waals surface area contributed by atoms with Crippen molar-refractivity contribution in [1.29, 1.82) is 0 Å². The van der Waals surface area contributed by atoms with Crippen molar-refractivity contribution in [2.45, 2.75) is 6.92 Å². The molecule has 0 fully saturated rings. The molecule has 0 N–H and O–H groups in total. The highest BCUT2D eigenvalue weighted by Gasteiger charge is 2.17. The largest absolute Gasteiger partial charge is 0.453 e. The van der Waals surface area contributed by atoms with Crippen LogP contribution in [0, 0.1) is 6.92 Å². The van der Waals surface area contributed by atoms with E-state index in [9.17, 15) is 0 Å². The van der Waals surface area contributed by atoms with Crippen LogP contribution in [0.5, 0.6) is 0 Å². The summed E-state index contributed by atoms with van der Waals surface area (Å²) in [6.07, 6.45) is 3.63. The van der Waals surface area contributed by atoms with Gasteiger partial charge in [0.25, 0.3) is 0 Å². The zero-order valence-electron chi connectivity index (χ0n) is 27.5. The van der Waals surface area contributed by atoms with Gasteiger partial charge >= 0.3 is 0 Å². The van der Waals surface area contributed by atoms with Crippen molar-refractivity contribution < 1.29 is 4.42 Å². The molecule has 4 heterocycles. The molecule has 0 saturated carbocycles. The number of thiophene rings is 1. The van der Waals surface area contributed by atoms with E-state index in [1.807, 2.05) is 17.5 Å². The van der Waals surface area contributed by atoms with E-state index < -0.39 is 0 Å². The number of aromatic nitrogens is 3. The van der Waals surface area contributed by atoms with Crippen LogP contribution in [-0.4, -0.2) is 15.0 Å². The first-order valence-electron chi connectivity index (χ1n) is 17.1. The highest BCUT2D eigenvalue weighted by molar-refractivity contribution is 7.25. The van der Waals surface area contributed by atoms with Crippen molar-refractivity contribution >= 4 is 85.9 Å². The highest BCUT2D eigenvalue weighted by Crippen LogP contribution is 2.41. The van der Waals surface area contributed by atoms with Gasteiger partial charge in [0.15, 0.2) is 11.4 Å². The number of rotatable bonds is 3. The predicted octanol–water partition coefficient (Wildman–Crippen LogP) is 12.9. The van der Waals surface area contributed by atoms with Gasteiger partial charge in [-0.25, -0.2) is 9.97 Å².